The number of carbonyl (C=O) groups is 1. The van der Waals surface area contributed by atoms with E-state index < -0.39 is 29.9 Å². The molecule has 2 N–H and O–H groups in total. The number of hydrogen-bond donors (Lipinski definition) is 2. The maximum atomic E-state index is 13.4. The van der Waals surface area contributed by atoms with Crippen LogP contribution < -0.4 is 10.2 Å². The van der Waals surface area contributed by atoms with Gasteiger partial charge >= 0.3 is 12.2 Å². The van der Waals surface area contributed by atoms with Gasteiger partial charge in [-0.25, -0.2) is 14.8 Å². The Morgan fingerprint density at radius 3 is 2.64 bits per heavy atom. The molecule has 1 aliphatic heterocycles. The zero-order valence-corrected chi connectivity index (χ0v) is 18.6. The summed E-state index contributed by atoms with van der Waals surface area (Å²) in [5.41, 5.74) is 1.82. The molecule has 10 heteroatoms. The molecular formula is C26H19F3N4O3. The summed E-state index contributed by atoms with van der Waals surface area (Å²) < 4.78 is 45.0. The Balaban J connectivity index is 1.34. The van der Waals surface area contributed by atoms with Crippen LogP contribution in [0.2, 0.25) is 0 Å². The lowest BCUT2D eigenvalue weighted by molar-refractivity contribution is -0.137. The van der Waals surface area contributed by atoms with Gasteiger partial charge in [-0.15, -0.1) is 0 Å². The average molecular weight is 492 g/mol. The van der Waals surface area contributed by atoms with Crippen LogP contribution in [0, 0.1) is 0 Å². The number of aliphatic hydroxyl groups is 1. The lowest BCUT2D eigenvalue weighted by Crippen LogP contribution is -2.55. The number of nitrogens with one attached hydrogen (secondary N) is 1. The number of aromatic nitrogens is 2. The van der Waals surface area contributed by atoms with Gasteiger partial charge in [0.25, 0.3) is 0 Å². The highest BCUT2D eigenvalue weighted by atomic mass is 19.4. The van der Waals surface area contributed by atoms with E-state index in [2.05, 4.69) is 15.3 Å². The molecule has 2 aromatic carbocycles. The first-order valence-corrected chi connectivity index (χ1v) is 11.3. The normalized spacial score (nSPS) is 20.4. The van der Waals surface area contributed by atoms with Gasteiger partial charge in [-0.2, -0.15) is 13.2 Å². The van der Waals surface area contributed by atoms with Crippen molar-refractivity contribution in [1.82, 2.24) is 9.97 Å². The fourth-order valence-corrected chi connectivity index (χ4v) is 4.90. The first-order valence-electron chi connectivity index (χ1n) is 11.3. The van der Waals surface area contributed by atoms with Crippen molar-refractivity contribution in [3.63, 3.8) is 0 Å². The molecule has 36 heavy (non-hydrogen) atoms. The van der Waals surface area contributed by atoms with Crippen molar-refractivity contribution >= 4 is 17.5 Å². The molecule has 2 amide bonds. The number of aliphatic hydroxyl groups excluding tert-OH is 1. The maximum Gasteiger partial charge on any atom is 0.416 e. The molecule has 2 aromatic heterocycles. The number of oxazole rings is 1. The molecule has 2 unspecified atom stereocenters. The Kier molecular flexibility index (Phi) is 5.08. The van der Waals surface area contributed by atoms with Crippen LogP contribution in [0.15, 0.2) is 77.7 Å². The van der Waals surface area contributed by atoms with Crippen LogP contribution in [-0.2, 0) is 6.18 Å². The van der Waals surface area contributed by atoms with Crippen LogP contribution in [0.3, 0.4) is 0 Å². The van der Waals surface area contributed by atoms with Gasteiger partial charge in [0.05, 0.1) is 29.6 Å². The third-order valence-corrected chi connectivity index (χ3v) is 6.67. The van der Waals surface area contributed by atoms with Crippen LogP contribution in [-0.4, -0.2) is 33.3 Å². The number of halogens is 3. The van der Waals surface area contributed by atoms with E-state index in [0.717, 1.165) is 23.3 Å². The summed E-state index contributed by atoms with van der Waals surface area (Å²) in [4.78, 5) is 23.3. The van der Waals surface area contributed by atoms with E-state index in [1.165, 1.54) is 17.4 Å². The van der Waals surface area contributed by atoms with Crippen molar-refractivity contribution in [3.8, 4) is 22.6 Å². The van der Waals surface area contributed by atoms with Gasteiger partial charge in [-0.3, -0.25) is 4.90 Å². The highest BCUT2D eigenvalue weighted by Crippen LogP contribution is 2.51. The van der Waals surface area contributed by atoms with Crippen molar-refractivity contribution in [2.75, 3.05) is 10.2 Å². The van der Waals surface area contributed by atoms with Gasteiger partial charge in [0.1, 0.15) is 5.82 Å². The summed E-state index contributed by atoms with van der Waals surface area (Å²) in [6.07, 6.45) is -1.86. The van der Waals surface area contributed by atoms with Gasteiger partial charge in [0, 0.05) is 28.3 Å². The Bertz CT molecular complexity index is 1460. The minimum absolute atomic E-state index is 0.0932. The zero-order chi connectivity index (χ0) is 25.0. The van der Waals surface area contributed by atoms with E-state index in [4.69, 9.17) is 4.42 Å². The molecule has 0 spiro atoms. The van der Waals surface area contributed by atoms with Crippen molar-refractivity contribution in [3.05, 3.63) is 84.4 Å². The second-order valence-corrected chi connectivity index (χ2v) is 8.83. The van der Waals surface area contributed by atoms with E-state index in [1.54, 1.807) is 42.6 Å². The van der Waals surface area contributed by atoms with Crippen molar-refractivity contribution < 1.29 is 27.5 Å². The number of hydrogen-bond acceptors (Lipinski definition) is 5. The highest BCUT2D eigenvalue weighted by molar-refractivity contribution is 6.04. The fourth-order valence-electron chi connectivity index (χ4n) is 4.90. The second-order valence-electron chi connectivity index (χ2n) is 8.83. The summed E-state index contributed by atoms with van der Waals surface area (Å²) in [5, 5.41) is 13.3. The van der Waals surface area contributed by atoms with E-state index in [0.29, 0.717) is 29.4 Å². The molecule has 0 radical (unpaired) electrons. The van der Waals surface area contributed by atoms with Gasteiger partial charge in [-0.05, 0) is 36.8 Å². The lowest BCUT2D eigenvalue weighted by Gasteiger charge is -2.40. The molecule has 4 aromatic rings. The third kappa shape index (κ3) is 3.70. The number of alkyl halides is 3. The van der Waals surface area contributed by atoms with E-state index in [9.17, 15) is 23.1 Å². The van der Waals surface area contributed by atoms with E-state index in [-0.39, 0.29) is 11.5 Å². The molecule has 0 saturated heterocycles. The largest absolute Gasteiger partial charge is 0.444 e. The average Bonchev–Trinajstić information content (AvgIpc) is 3.48. The molecule has 1 aliphatic carbocycles. The SMILES string of the molecule is O=C(Nc1cccc(-c2cnco2)c1)N1c2nc(-c3cccc(C(F)(F)F)c3)ccc2C2C[C@@H](O)C21. The lowest BCUT2D eigenvalue weighted by atomic mass is 9.75. The zero-order valence-electron chi connectivity index (χ0n) is 18.6. The van der Waals surface area contributed by atoms with E-state index in [1.807, 2.05) is 6.07 Å². The molecule has 3 heterocycles. The number of pyridine rings is 1. The van der Waals surface area contributed by atoms with Crippen LogP contribution >= 0.6 is 0 Å². The maximum absolute atomic E-state index is 13.4. The number of amides is 2. The molecular weight excluding hydrogens is 473 g/mol. The summed E-state index contributed by atoms with van der Waals surface area (Å²) in [6, 6.07) is 14.4. The highest BCUT2D eigenvalue weighted by Gasteiger charge is 2.54. The summed E-state index contributed by atoms with van der Waals surface area (Å²) >= 11 is 0. The van der Waals surface area contributed by atoms with Crippen LogP contribution in [0.5, 0.6) is 0 Å². The smallest absolute Gasteiger partial charge is 0.416 e. The Hall–Kier alpha value is -4.18. The topological polar surface area (TPSA) is 91.5 Å². The Labute approximate surface area is 203 Å². The Morgan fingerprint density at radius 2 is 1.89 bits per heavy atom. The number of nitrogens with zero attached hydrogens (tertiary/aromatic N) is 3. The molecule has 7 nitrogen and oxygen atoms in total. The van der Waals surface area contributed by atoms with Crippen LogP contribution in [0.4, 0.5) is 29.5 Å². The summed E-state index contributed by atoms with van der Waals surface area (Å²) in [5.74, 6) is 0.782. The number of fused-ring (bicyclic) bond motifs is 3. The van der Waals surface area contributed by atoms with Crippen LogP contribution in [0.25, 0.3) is 22.6 Å². The quantitative estimate of drug-likeness (QED) is 0.383. The predicted molar refractivity (Wildman–Crippen MR) is 125 cm³/mol. The molecule has 0 bridgehead atoms. The number of benzene rings is 2. The first-order chi connectivity index (χ1) is 17.3. The summed E-state index contributed by atoms with van der Waals surface area (Å²) in [7, 11) is 0. The molecule has 3 atom stereocenters. The predicted octanol–water partition coefficient (Wildman–Crippen LogP) is 5.69. The molecule has 1 fully saturated rings. The third-order valence-electron chi connectivity index (χ3n) is 6.67. The van der Waals surface area contributed by atoms with Crippen LogP contribution in [0.1, 0.15) is 23.5 Å². The van der Waals surface area contributed by atoms with Gasteiger partial charge in [0.2, 0.25) is 0 Å². The van der Waals surface area contributed by atoms with Crippen molar-refractivity contribution in [2.45, 2.75) is 30.7 Å². The molecule has 182 valence electrons. The van der Waals surface area contributed by atoms with Gasteiger partial charge in [0.15, 0.2) is 12.2 Å². The Morgan fingerprint density at radius 1 is 1.08 bits per heavy atom. The number of carbonyl (C=O) groups excluding carboxylic acids is 1. The minimum Gasteiger partial charge on any atom is -0.444 e. The number of rotatable bonds is 3. The number of urea groups is 1. The van der Waals surface area contributed by atoms with Crippen molar-refractivity contribution in [1.29, 1.82) is 0 Å². The van der Waals surface area contributed by atoms with Gasteiger partial charge < -0.3 is 14.8 Å². The van der Waals surface area contributed by atoms with Crippen molar-refractivity contribution in [2.24, 2.45) is 0 Å². The monoisotopic (exact) mass is 492 g/mol. The minimum atomic E-state index is -4.48. The standard InChI is InChI=1S/C26H19F3N4O3/c27-26(28,29)16-5-1-3-14(9-16)20-8-7-18-19-11-21(34)23(19)33(24(18)32-20)25(35)31-17-6-2-4-15(10-17)22-12-30-13-36-22/h1-10,12-13,19,21,23,34H,11H2,(H,31,35)/t19?,21-,23?/m1/s1. The molecule has 2 aliphatic rings. The van der Waals surface area contributed by atoms with Gasteiger partial charge in [-0.1, -0.05) is 30.3 Å². The fraction of sp³-hybridized carbons (Fsp3) is 0.192. The van der Waals surface area contributed by atoms with E-state index >= 15 is 0 Å². The molecule has 6 rings (SSSR count). The first kappa shape index (κ1) is 22.3. The summed E-state index contributed by atoms with van der Waals surface area (Å²) in [6.45, 7) is 0. The second kappa shape index (κ2) is 8.20. The molecule has 1 saturated carbocycles. The number of anilines is 2.